The van der Waals surface area contributed by atoms with E-state index in [0.29, 0.717) is 35.3 Å². The van der Waals surface area contributed by atoms with E-state index >= 15 is 0 Å². The van der Waals surface area contributed by atoms with Crippen molar-refractivity contribution in [2.75, 3.05) is 20.3 Å². The molecule has 0 spiro atoms. The topological polar surface area (TPSA) is 30.5 Å². The summed E-state index contributed by atoms with van der Waals surface area (Å²) in [6.45, 7) is 1.00. The Morgan fingerprint density at radius 3 is 2.43 bits per heavy atom. The molecule has 1 N–H and O–H groups in total. The molecule has 2 aromatic carbocycles. The Labute approximate surface area is 127 Å². The second-order valence-corrected chi connectivity index (χ2v) is 5.17. The first-order chi connectivity index (χ1) is 10.2. The summed E-state index contributed by atoms with van der Waals surface area (Å²) >= 11 is 6.34. The first-order valence-electron chi connectivity index (χ1n) is 6.71. The fourth-order valence-electron chi connectivity index (χ4n) is 2.49. The minimum Gasteiger partial charge on any atom is -0.486 e. The second-order valence-electron chi connectivity index (χ2n) is 4.76. The van der Waals surface area contributed by atoms with Gasteiger partial charge >= 0.3 is 0 Å². The molecule has 0 aromatic heterocycles. The van der Waals surface area contributed by atoms with Crippen LogP contribution in [0.3, 0.4) is 0 Å². The van der Waals surface area contributed by atoms with Crippen LogP contribution in [0.25, 0.3) is 0 Å². The minimum atomic E-state index is -0.352. The molecule has 3 rings (SSSR count). The Kier molecular flexibility index (Phi) is 3.99. The van der Waals surface area contributed by atoms with Crippen molar-refractivity contribution >= 4 is 11.6 Å². The van der Waals surface area contributed by atoms with Crippen LogP contribution < -0.4 is 14.8 Å². The number of halogens is 2. The molecule has 0 saturated carbocycles. The Hall–Kier alpha value is -1.78. The summed E-state index contributed by atoms with van der Waals surface area (Å²) in [4.78, 5) is 0. The van der Waals surface area contributed by atoms with Crippen molar-refractivity contribution in [3.63, 3.8) is 0 Å². The molecule has 5 heteroatoms. The number of fused-ring (bicyclic) bond motifs is 1. The maximum Gasteiger partial charge on any atom is 0.162 e. The lowest BCUT2D eigenvalue weighted by Crippen LogP contribution is -2.21. The predicted molar refractivity (Wildman–Crippen MR) is 79.7 cm³/mol. The summed E-state index contributed by atoms with van der Waals surface area (Å²) < 4.78 is 25.1. The summed E-state index contributed by atoms with van der Waals surface area (Å²) in [6.07, 6.45) is 0. The molecule has 0 fully saturated rings. The first kappa shape index (κ1) is 14.2. The summed E-state index contributed by atoms with van der Waals surface area (Å²) in [6, 6.07) is 9.82. The van der Waals surface area contributed by atoms with E-state index in [4.69, 9.17) is 21.1 Å². The van der Waals surface area contributed by atoms with Crippen LogP contribution in [-0.4, -0.2) is 20.3 Å². The molecule has 21 heavy (non-hydrogen) atoms. The van der Waals surface area contributed by atoms with Gasteiger partial charge in [0.1, 0.15) is 19.0 Å². The van der Waals surface area contributed by atoms with Crippen LogP contribution in [0, 0.1) is 5.82 Å². The van der Waals surface area contributed by atoms with Crippen molar-refractivity contribution in [1.82, 2.24) is 5.32 Å². The Morgan fingerprint density at radius 1 is 1.10 bits per heavy atom. The van der Waals surface area contributed by atoms with E-state index in [1.54, 1.807) is 31.3 Å². The van der Waals surface area contributed by atoms with E-state index in [2.05, 4.69) is 5.32 Å². The van der Waals surface area contributed by atoms with Crippen molar-refractivity contribution in [3.05, 3.63) is 58.4 Å². The fraction of sp³-hybridized carbons (Fsp3) is 0.250. The minimum absolute atomic E-state index is 0.275. The SMILES string of the molecule is CNC(c1ccccc1F)c1cc2c(cc1Cl)OCCO2. The van der Waals surface area contributed by atoms with Crippen molar-refractivity contribution < 1.29 is 13.9 Å². The molecule has 0 amide bonds. The normalized spacial score (nSPS) is 14.8. The number of hydrogen-bond acceptors (Lipinski definition) is 3. The van der Waals surface area contributed by atoms with Gasteiger partial charge in [0.15, 0.2) is 11.5 Å². The third kappa shape index (κ3) is 2.69. The Balaban J connectivity index is 2.07. The van der Waals surface area contributed by atoms with Gasteiger partial charge in [0.05, 0.1) is 6.04 Å². The van der Waals surface area contributed by atoms with E-state index in [1.807, 2.05) is 6.07 Å². The lowest BCUT2D eigenvalue weighted by Gasteiger charge is -2.23. The molecular weight excluding hydrogens is 293 g/mol. The molecule has 2 aromatic rings. The second kappa shape index (κ2) is 5.92. The smallest absolute Gasteiger partial charge is 0.162 e. The van der Waals surface area contributed by atoms with Crippen molar-refractivity contribution in [2.45, 2.75) is 6.04 Å². The third-order valence-corrected chi connectivity index (χ3v) is 3.80. The van der Waals surface area contributed by atoms with Gasteiger partial charge in [0, 0.05) is 16.7 Å². The number of rotatable bonds is 3. The first-order valence-corrected chi connectivity index (χ1v) is 7.09. The number of ether oxygens (including phenoxy) is 2. The number of benzene rings is 2. The lowest BCUT2D eigenvalue weighted by molar-refractivity contribution is 0.171. The highest BCUT2D eigenvalue weighted by Gasteiger charge is 2.22. The van der Waals surface area contributed by atoms with Gasteiger partial charge in [-0.05, 0) is 24.7 Å². The van der Waals surface area contributed by atoms with Gasteiger partial charge < -0.3 is 14.8 Å². The summed E-state index contributed by atoms with van der Waals surface area (Å²) in [5.74, 6) is 0.985. The highest BCUT2D eigenvalue weighted by atomic mass is 35.5. The van der Waals surface area contributed by atoms with E-state index in [1.165, 1.54) is 6.07 Å². The molecular formula is C16H15ClFNO2. The quantitative estimate of drug-likeness (QED) is 0.940. The van der Waals surface area contributed by atoms with Crippen LogP contribution in [-0.2, 0) is 0 Å². The molecule has 110 valence electrons. The standard InChI is InChI=1S/C16H15ClFNO2/c1-19-16(10-4-2-3-5-13(10)18)11-8-14-15(9-12(11)17)21-7-6-20-14/h2-5,8-9,16,19H,6-7H2,1H3. The molecule has 1 aliphatic rings. The molecule has 1 unspecified atom stereocenters. The summed E-state index contributed by atoms with van der Waals surface area (Å²) in [5, 5.41) is 3.62. The van der Waals surface area contributed by atoms with Gasteiger partial charge in [-0.25, -0.2) is 4.39 Å². The zero-order valence-corrected chi connectivity index (χ0v) is 12.3. The Morgan fingerprint density at radius 2 is 1.76 bits per heavy atom. The predicted octanol–water partition coefficient (Wildman–Crippen LogP) is 3.56. The van der Waals surface area contributed by atoms with Crippen molar-refractivity contribution in [2.24, 2.45) is 0 Å². The maximum atomic E-state index is 14.0. The Bertz CT molecular complexity index is 663. The van der Waals surface area contributed by atoms with Crippen LogP contribution >= 0.6 is 11.6 Å². The largest absolute Gasteiger partial charge is 0.486 e. The zero-order valence-electron chi connectivity index (χ0n) is 11.5. The van der Waals surface area contributed by atoms with Gasteiger partial charge in [-0.15, -0.1) is 0 Å². The third-order valence-electron chi connectivity index (χ3n) is 3.48. The molecule has 1 heterocycles. The molecule has 0 radical (unpaired) electrons. The van der Waals surface area contributed by atoms with Crippen LogP contribution in [0.5, 0.6) is 11.5 Å². The maximum absolute atomic E-state index is 14.0. The van der Waals surface area contributed by atoms with Crippen LogP contribution in [0.1, 0.15) is 17.2 Å². The van der Waals surface area contributed by atoms with Crippen LogP contribution in [0.4, 0.5) is 4.39 Å². The fourth-order valence-corrected chi connectivity index (χ4v) is 2.75. The lowest BCUT2D eigenvalue weighted by atomic mass is 9.97. The molecule has 3 nitrogen and oxygen atoms in total. The zero-order chi connectivity index (χ0) is 14.8. The van der Waals surface area contributed by atoms with Gasteiger partial charge in [-0.3, -0.25) is 0 Å². The van der Waals surface area contributed by atoms with E-state index < -0.39 is 0 Å². The average molecular weight is 308 g/mol. The molecule has 0 bridgehead atoms. The van der Waals surface area contributed by atoms with Crippen molar-refractivity contribution in [3.8, 4) is 11.5 Å². The molecule has 1 aliphatic heterocycles. The van der Waals surface area contributed by atoms with Crippen LogP contribution in [0.15, 0.2) is 36.4 Å². The van der Waals surface area contributed by atoms with E-state index in [-0.39, 0.29) is 11.9 Å². The average Bonchev–Trinajstić information content (AvgIpc) is 2.50. The summed E-state index contributed by atoms with van der Waals surface area (Å²) in [5.41, 5.74) is 1.30. The summed E-state index contributed by atoms with van der Waals surface area (Å²) in [7, 11) is 1.77. The molecule has 0 saturated heterocycles. The molecule has 1 atom stereocenters. The van der Waals surface area contributed by atoms with E-state index in [0.717, 1.165) is 5.56 Å². The van der Waals surface area contributed by atoms with Gasteiger partial charge in [-0.2, -0.15) is 0 Å². The highest BCUT2D eigenvalue weighted by Crippen LogP contribution is 2.39. The number of nitrogens with one attached hydrogen (secondary N) is 1. The van der Waals surface area contributed by atoms with Gasteiger partial charge in [0.2, 0.25) is 0 Å². The van der Waals surface area contributed by atoms with Crippen LogP contribution in [0.2, 0.25) is 5.02 Å². The van der Waals surface area contributed by atoms with Crippen molar-refractivity contribution in [1.29, 1.82) is 0 Å². The van der Waals surface area contributed by atoms with Gasteiger partial charge in [0.25, 0.3) is 0 Å². The monoisotopic (exact) mass is 307 g/mol. The van der Waals surface area contributed by atoms with E-state index in [9.17, 15) is 4.39 Å². The van der Waals surface area contributed by atoms with Gasteiger partial charge in [-0.1, -0.05) is 29.8 Å². The molecule has 0 aliphatic carbocycles. The number of hydrogen-bond donors (Lipinski definition) is 1. The highest BCUT2D eigenvalue weighted by molar-refractivity contribution is 6.31.